The van der Waals surface area contributed by atoms with Gasteiger partial charge in [-0.2, -0.15) is 0 Å². The molecule has 8 nitrogen and oxygen atoms in total. The van der Waals surface area contributed by atoms with Crippen molar-refractivity contribution >= 4 is 18.0 Å². The van der Waals surface area contributed by atoms with Crippen LogP contribution in [0.4, 0.5) is 4.79 Å². The topological polar surface area (TPSA) is 119 Å². The molecule has 1 aromatic carbocycles. The van der Waals surface area contributed by atoms with Crippen molar-refractivity contribution in [2.45, 2.75) is 52.0 Å². The maximum atomic E-state index is 12.7. The molecule has 8 heteroatoms. The number of benzene rings is 1. The van der Waals surface area contributed by atoms with E-state index in [1.807, 2.05) is 18.2 Å². The van der Waals surface area contributed by atoms with Crippen LogP contribution in [0, 0.1) is 5.41 Å². The summed E-state index contributed by atoms with van der Waals surface area (Å²) in [6, 6.07) is 9.06. The van der Waals surface area contributed by atoms with Crippen LogP contribution in [0.5, 0.6) is 0 Å². The van der Waals surface area contributed by atoms with E-state index in [0.29, 0.717) is 6.42 Å². The van der Waals surface area contributed by atoms with Crippen LogP contribution < -0.4 is 5.73 Å². The number of hydrogen-bond acceptors (Lipinski definition) is 6. The lowest BCUT2D eigenvalue weighted by atomic mass is 9.76. The first kappa shape index (κ1) is 20.7. The fourth-order valence-corrected chi connectivity index (χ4v) is 3.00. The van der Waals surface area contributed by atoms with Gasteiger partial charge < -0.3 is 20.3 Å². The lowest BCUT2D eigenvalue weighted by Gasteiger charge is -2.43. The molecule has 3 N–H and O–H groups in total. The second kappa shape index (κ2) is 7.96. The molecule has 0 aliphatic carbocycles. The number of nitrogens with two attached hydrogens (primary N) is 1. The zero-order chi connectivity index (χ0) is 20.2. The maximum absolute atomic E-state index is 12.7. The van der Waals surface area contributed by atoms with E-state index in [1.54, 1.807) is 32.9 Å². The van der Waals surface area contributed by atoms with E-state index >= 15 is 0 Å². The van der Waals surface area contributed by atoms with Gasteiger partial charge in [0, 0.05) is 6.54 Å². The second-order valence-electron chi connectivity index (χ2n) is 7.56. The molecule has 1 aliphatic heterocycles. The largest absolute Gasteiger partial charge is 0.480 e. The second-order valence-corrected chi connectivity index (χ2v) is 7.56. The van der Waals surface area contributed by atoms with Crippen molar-refractivity contribution in [3.8, 4) is 0 Å². The molecule has 148 valence electrons. The molecule has 0 aromatic heterocycles. The molecule has 0 radical (unpaired) electrons. The zero-order valence-electron chi connectivity index (χ0n) is 15.8. The van der Waals surface area contributed by atoms with Crippen LogP contribution in [0.1, 0.15) is 39.2 Å². The smallest absolute Gasteiger partial charge is 0.411 e. The van der Waals surface area contributed by atoms with E-state index in [0.717, 1.165) is 10.5 Å². The van der Waals surface area contributed by atoms with Gasteiger partial charge in [0.05, 0.1) is 0 Å². The van der Waals surface area contributed by atoms with Crippen LogP contribution in [0.3, 0.4) is 0 Å². The number of carbonyl (C=O) groups excluding carboxylic acids is 2. The Balaban J connectivity index is 2.18. The Kier molecular flexibility index (Phi) is 6.10. The van der Waals surface area contributed by atoms with Crippen molar-refractivity contribution in [1.29, 1.82) is 0 Å². The van der Waals surface area contributed by atoms with Crippen LogP contribution in [0.2, 0.25) is 0 Å². The third-order valence-corrected chi connectivity index (χ3v) is 4.40. The zero-order valence-corrected chi connectivity index (χ0v) is 15.8. The van der Waals surface area contributed by atoms with Gasteiger partial charge in [-0.15, -0.1) is 0 Å². The quantitative estimate of drug-likeness (QED) is 0.608. The van der Waals surface area contributed by atoms with Gasteiger partial charge in [0.15, 0.2) is 5.41 Å². The Morgan fingerprint density at radius 3 is 2.44 bits per heavy atom. The van der Waals surface area contributed by atoms with E-state index in [4.69, 9.17) is 15.2 Å². The standard InChI is InChI=1S/C19H26N2O6/c1-18(2,3)27-16(24)19(15(22)23)10-7-11-21(14(19)20)17(25)26-12-13-8-5-4-6-9-13/h4-6,8-9,14H,7,10-12,20H2,1-3H3,(H,22,23). The first-order chi connectivity index (χ1) is 12.6. The fraction of sp³-hybridized carbons (Fsp3) is 0.526. The number of esters is 1. The summed E-state index contributed by atoms with van der Waals surface area (Å²) in [5.41, 5.74) is 3.97. The first-order valence-electron chi connectivity index (χ1n) is 8.77. The average Bonchev–Trinajstić information content (AvgIpc) is 2.59. The van der Waals surface area contributed by atoms with Gasteiger partial charge in [-0.25, -0.2) is 4.79 Å². The molecule has 0 saturated carbocycles. The first-order valence-corrected chi connectivity index (χ1v) is 8.77. The molecule has 2 rings (SSSR count). The summed E-state index contributed by atoms with van der Waals surface area (Å²) in [6.07, 6.45) is -1.87. The van der Waals surface area contributed by atoms with Gasteiger partial charge in [-0.1, -0.05) is 30.3 Å². The third-order valence-electron chi connectivity index (χ3n) is 4.40. The van der Waals surface area contributed by atoms with E-state index in [1.165, 1.54) is 0 Å². The Bertz CT molecular complexity index is 700. The van der Waals surface area contributed by atoms with Crippen molar-refractivity contribution in [2.75, 3.05) is 6.54 Å². The Morgan fingerprint density at radius 2 is 1.89 bits per heavy atom. The van der Waals surface area contributed by atoms with Crippen LogP contribution in [-0.2, 0) is 25.7 Å². The number of amides is 1. The van der Waals surface area contributed by atoms with E-state index in [2.05, 4.69) is 0 Å². The summed E-state index contributed by atoms with van der Waals surface area (Å²) >= 11 is 0. The molecule has 1 aromatic rings. The minimum Gasteiger partial charge on any atom is -0.480 e. The summed E-state index contributed by atoms with van der Waals surface area (Å²) in [4.78, 5) is 38.2. The molecule has 1 fully saturated rings. The van der Waals surface area contributed by atoms with Gasteiger partial charge in [-0.05, 0) is 39.2 Å². The number of hydrogen-bond donors (Lipinski definition) is 2. The number of piperidine rings is 1. The molecular weight excluding hydrogens is 352 g/mol. The number of rotatable bonds is 4. The molecule has 27 heavy (non-hydrogen) atoms. The van der Waals surface area contributed by atoms with Crippen molar-refractivity contribution in [3.63, 3.8) is 0 Å². The normalized spacial score (nSPS) is 22.8. The molecular formula is C19H26N2O6. The van der Waals surface area contributed by atoms with Crippen molar-refractivity contribution in [2.24, 2.45) is 11.1 Å². The summed E-state index contributed by atoms with van der Waals surface area (Å²) in [6.45, 7) is 5.14. The van der Waals surface area contributed by atoms with Crippen LogP contribution >= 0.6 is 0 Å². The number of ether oxygens (including phenoxy) is 2. The number of nitrogens with zero attached hydrogens (tertiary/aromatic N) is 1. The molecule has 0 spiro atoms. The van der Waals surface area contributed by atoms with Gasteiger partial charge in [0.25, 0.3) is 0 Å². The van der Waals surface area contributed by atoms with E-state index < -0.39 is 35.2 Å². The minimum atomic E-state index is -2.03. The predicted octanol–water partition coefficient (Wildman–Crippen LogP) is 2.12. The molecule has 2 unspecified atom stereocenters. The molecule has 2 atom stereocenters. The third kappa shape index (κ3) is 4.57. The van der Waals surface area contributed by atoms with Crippen LogP contribution in [0.15, 0.2) is 30.3 Å². The Morgan fingerprint density at radius 1 is 1.26 bits per heavy atom. The van der Waals surface area contributed by atoms with Crippen molar-refractivity contribution in [1.82, 2.24) is 4.90 Å². The summed E-state index contributed by atoms with van der Waals surface area (Å²) in [5, 5.41) is 9.77. The van der Waals surface area contributed by atoms with Gasteiger partial charge in [0.2, 0.25) is 0 Å². The van der Waals surface area contributed by atoms with Crippen LogP contribution in [-0.4, -0.2) is 46.3 Å². The summed E-state index contributed by atoms with van der Waals surface area (Å²) < 4.78 is 10.5. The summed E-state index contributed by atoms with van der Waals surface area (Å²) in [5.74, 6) is -2.36. The highest BCUT2D eigenvalue weighted by Crippen LogP contribution is 2.37. The van der Waals surface area contributed by atoms with Gasteiger partial charge in [-0.3, -0.25) is 14.5 Å². The number of carboxylic acid groups (broad SMARTS) is 1. The monoisotopic (exact) mass is 378 g/mol. The van der Waals surface area contributed by atoms with Gasteiger partial charge in [0.1, 0.15) is 18.4 Å². The highest BCUT2D eigenvalue weighted by atomic mass is 16.6. The lowest BCUT2D eigenvalue weighted by molar-refractivity contribution is -0.185. The highest BCUT2D eigenvalue weighted by Gasteiger charge is 2.58. The highest BCUT2D eigenvalue weighted by molar-refractivity contribution is 6.00. The predicted molar refractivity (Wildman–Crippen MR) is 96.5 cm³/mol. The molecule has 0 bridgehead atoms. The number of aliphatic carboxylic acids is 1. The summed E-state index contributed by atoms with van der Waals surface area (Å²) in [7, 11) is 0. The molecule has 1 aliphatic rings. The number of carbonyl (C=O) groups is 3. The fourth-order valence-electron chi connectivity index (χ4n) is 3.00. The minimum absolute atomic E-state index is 0.0130. The van der Waals surface area contributed by atoms with Crippen LogP contribution in [0.25, 0.3) is 0 Å². The molecule has 1 saturated heterocycles. The molecule has 1 amide bonds. The Hall–Kier alpha value is -2.61. The van der Waals surface area contributed by atoms with Crippen molar-refractivity contribution in [3.05, 3.63) is 35.9 Å². The number of likely N-dealkylation sites (tertiary alicyclic amines) is 1. The van der Waals surface area contributed by atoms with Crippen molar-refractivity contribution < 1.29 is 29.0 Å². The van der Waals surface area contributed by atoms with E-state index in [-0.39, 0.29) is 19.6 Å². The maximum Gasteiger partial charge on any atom is 0.411 e. The molecule has 1 heterocycles. The Labute approximate surface area is 158 Å². The van der Waals surface area contributed by atoms with Gasteiger partial charge >= 0.3 is 18.0 Å². The SMILES string of the molecule is CC(C)(C)OC(=O)C1(C(=O)O)CCCN(C(=O)OCc2ccccc2)C1N. The van der Waals surface area contributed by atoms with E-state index in [9.17, 15) is 19.5 Å². The average molecular weight is 378 g/mol. The number of carboxylic acids is 1. The lowest BCUT2D eigenvalue weighted by Crippen LogP contribution is -2.66.